The zero-order chi connectivity index (χ0) is 17.5. The summed E-state index contributed by atoms with van der Waals surface area (Å²) in [4.78, 5) is 37.4. The molecule has 1 aromatic rings. The average molecular weight is 337 g/mol. The van der Waals surface area contributed by atoms with Gasteiger partial charge in [0.1, 0.15) is 6.61 Å². The van der Waals surface area contributed by atoms with Crippen molar-refractivity contribution >= 4 is 23.8 Å². The number of carbonyl (C=O) groups excluding carboxylic acids is 2. The monoisotopic (exact) mass is 337 g/mol. The Kier molecular flexibility index (Phi) is 5.96. The highest BCUT2D eigenvalue weighted by Crippen LogP contribution is 2.13. The van der Waals surface area contributed by atoms with Crippen molar-refractivity contribution < 1.29 is 29.3 Å². The van der Waals surface area contributed by atoms with Gasteiger partial charge in [0.2, 0.25) is 0 Å². The fourth-order valence-electron chi connectivity index (χ4n) is 2.27. The lowest BCUT2D eigenvalue weighted by Crippen LogP contribution is -2.50. The molecule has 0 atom stereocenters. The van der Waals surface area contributed by atoms with Gasteiger partial charge in [0.15, 0.2) is 0 Å². The van der Waals surface area contributed by atoms with E-state index in [0.717, 1.165) is 0 Å². The molecule has 0 bridgehead atoms. The van der Waals surface area contributed by atoms with Gasteiger partial charge in [-0.3, -0.25) is 10.1 Å². The first-order valence-corrected chi connectivity index (χ1v) is 7.43. The van der Waals surface area contributed by atoms with E-state index in [9.17, 15) is 14.4 Å². The number of aliphatic hydroxyl groups is 1. The van der Waals surface area contributed by atoms with Crippen LogP contribution in [0.3, 0.4) is 0 Å². The van der Waals surface area contributed by atoms with Crippen LogP contribution in [0, 0.1) is 0 Å². The third-order valence-corrected chi connectivity index (χ3v) is 3.54. The normalized spacial score (nSPS) is 14.2. The minimum atomic E-state index is -0.981. The second-order valence-electron chi connectivity index (χ2n) is 5.12. The van der Waals surface area contributed by atoms with Crippen molar-refractivity contribution in [2.45, 2.75) is 0 Å². The van der Waals surface area contributed by atoms with E-state index >= 15 is 0 Å². The van der Waals surface area contributed by atoms with Crippen LogP contribution in [0.25, 0.3) is 0 Å². The quantitative estimate of drug-likeness (QED) is 0.743. The number of benzene rings is 1. The van der Waals surface area contributed by atoms with Gasteiger partial charge < -0.3 is 24.7 Å². The highest BCUT2D eigenvalue weighted by Gasteiger charge is 2.24. The van der Waals surface area contributed by atoms with E-state index in [1.807, 2.05) is 0 Å². The fourth-order valence-corrected chi connectivity index (χ4v) is 2.27. The van der Waals surface area contributed by atoms with Crippen molar-refractivity contribution in [2.75, 3.05) is 44.7 Å². The number of rotatable bonds is 4. The molecule has 0 aromatic heterocycles. The molecular formula is C15H19N3O6. The molecule has 0 spiro atoms. The molecule has 130 valence electrons. The number of ether oxygens (including phenoxy) is 1. The van der Waals surface area contributed by atoms with Crippen LogP contribution < -0.4 is 5.32 Å². The van der Waals surface area contributed by atoms with Crippen LogP contribution in [0.4, 0.5) is 15.3 Å². The number of carboxylic acid groups (broad SMARTS) is 1. The SMILES string of the molecule is O=C(Nc1ccc(C(=O)N2CCN(C(=O)O)CC2)cc1)OCCO. The lowest BCUT2D eigenvalue weighted by Gasteiger charge is -2.33. The van der Waals surface area contributed by atoms with E-state index in [4.69, 9.17) is 10.2 Å². The summed E-state index contributed by atoms with van der Waals surface area (Å²) in [5.74, 6) is -0.186. The number of nitrogens with one attached hydrogen (secondary N) is 1. The first-order valence-electron chi connectivity index (χ1n) is 7.43. The number of anilines is 1. The predicted octanol–water partition coefficient (Wildman–Crippen LogP) is 0.663. The molecule has 0 saturated carbocycles. The molecule has 3 amide bonds. The number of piperazine rings is 1. The second kappa shape index (κ2) is 8.16. The highest BCUT2D eigenvalue weighted by molar-refractivity contribution is 5.95. The third-order valence-electron chi connectivity index (χ3n) is 3.54. The summed E-state index contributed by atoms with van der Waals surface area (Å²) in [7, 11) is 0. The molecule has 1 saturated heterocycles. The summed E-state index contributed by atoms with van der Waals surface area (Å²) in [6.45, 7) is 0.923. The van der Waals surface area contributed by atoms with Crippen LogP contribution in [0.15, 0.2) is 24.3 Å². The molecule has 9 nitrogen and oxygen atoms in total. The maximum absolute atomic E-state index is 12.4. The molecule has 1 fully saturated rings. The zero-order valence-corrected chi connectivity index (χ0v) is 13.0. The molecule has 3 N–H and O–H groups in total. The molecule has 1 heterocycles. The Morgan fingerprint density at radius 3 is 2.17 bits per heavy atom. The molecule has 0 radical (unpaired) electrons. The van der Waals surface area contributed by atoms with Crippen molar-refractivity contribution in [1.82, 2.24) is 9.80 Å². The molecule has 1 aliphatic heterocycles. The molecule has 1 aliphatic rings. The Labute approximate surface area is 138 Å². The van der Waals surface area contributed by atoms with E-state index in [2.05, 4.69) is 10.1 Å². The van der Waals surface area contributed by atoms with Crippen LogP contribution in [0.5, 0.6) is 0 Å². The smallest absolute Gasteiger partial charge is 0.411 e. The molecule has 1 aromatic carbocycles. The van der Waals surface area contributed by atoms with Crippen LogP contribution in [-0.4, -0.2) is 77.5 Å². The van der Waals surface area contributed by atoms with Crippen LogP contribution >= 0.6 is 0 Å². The van der Waals surface area contributed by atoms with Crippen molar-refractivity contribution in [3.63, 3.8) is 0 Å². The highest BCUT2D eigenvalue weighted by atomic mass is 16.6. The summed E-state index contributed by atoms with van der Waals surface area (Å²) in [5, 5.41) is 19.9. The number of hydrogen-bond acceptors (Lipinski definition) is 5. The maximum atomic E-state index is 12.4. The lowest BCUT2D eigenvalue weighted by atomic mass is 10.1. The molecular weight excluding hydrogens is 318 g/mol. The topological polar surface area (TPSA) is 119 Å². The van der Waals surface area contributed by atoms with Gasteiger partial charge in [0.05, 0.1) is 6.61 Å². The third kappa shape index (κ3) is 4.59. The Balaban J connectivity index is 1.89. The van der Waals surface area contributed by atoms with Crippen LogP contribution in [-0.2, 0) is 4.74 Å². The second-order valence-corrected chi connectivity index (χ2v) is 5.12. The van der Waals surface area contributed by atoms with Gasteiger partial charge in [-0.05, 0) is 24.3 Å². The standard InChI is InChI=1S/C15H19N3O6/c19-9-10-24-14(21)16-12-3-1-11(2-4-12)13(20)17-5-7-18(8-6-17)15(22)23/h1-4,19H,5-10H2,(H,16,21)(H,22,23). The van der Waals surface area contributed by atoms with E-state index in [-0.39, 0.29) is 32.2 Å². The van der Waals surface area contributed by atoms with Crippen LogP contribution in [0.2, 0.25) is 0 Å². The Hall–Kier alpha value is -2.81. The Bertz CT molecular complexity index is 596. The van der Waals surface area contributed by atoms with Gasteiger partial charge in [0.25, 0.3) is 5.91 Å². The first kappa shape index (κ1) is 17.5. The summed E-state index contributed by atoms with van der Waals surface area (Å²) in [6, 6.07) is 6.29. The number of aliphatic hydroxyl groups excluding tert-OH is 1. The lowest BCUT2D eigenvalue weighted by molar-refractivity contribution is 0.0625. The number of carbonyl (C=O) groups is 3. The van der Waals surface area contributed by atoms with Gasteiger partial charge >= 0.3 is 12.2 Å². The average Bonchev–Trinajstić information content (AvgIpc) is 2.60. The summed E-state index contributed by atoms with van der Waals surface area (Å²) < 4.78 is 4.67. The van der Waals surface area contributed by atoms with Gasteiger partial charge in [-0.15, -0.1) is 0 Å². The number of nitrogens with zero attached hydrogens (tertiary/aromatic N) is 2. The predicted molar refractivity (Wildman–Crippen MR) is 84.0 cm³/mol. The van der Waals surface area contributed by atoms with Crippen molar-refractivity contribution in [2.24, 2.45) is 0 Å². The number of amides is 3. The fraction of sp³-hybridized carbons (Fsp3) is 0.400. The molecule has 24 heavy (non-hydrogen) atoms. The molecule has 0 aliphatic carbocycles. The molecule has 9 heteroatoms. The van der Waals surface area contributed by atoms with E-state index in [1.54, 1.807) is 29.2 Å². The molecule has 0 unspecified atom stereocenters. The van der Waals surface area contributed by atoms with Gasteiger partial charge in [-0.25, -0.2) is 9.59 Å². The minimum absolute atomic E-state index is 0.0925. The van der Waals surface area contributed by atoms with Crippen molar-refractivity contribution in [1.29, 1.82) is 0 Å². The van der Waals surface area contributed by atoms with Gasteiger partial charge in [-0.2, -0.15) is 0 Å². The summed E-state index contributed by atoms with van der Waals surface area (Å²) in [6.07, 6.45) is -1.67. The summed E-state index contributed by atoms with van der Waals surface area (Å²) >= 11 is 0. The van der Waals surface area contributed by atoms with E-state index < -0.39 is 12.2 Å². The first-order chi connectivity index (χ1) is 11.5. The minimum Gasteiger partial charge on any atom is -0.465 e. The Morgan fingerprint density at radius 1 is 1.04 bits per heavy atom. The van der Waals surface area contributed by atoms with Gasteiger partial charge in [0, 0.05) is 37.4 Å². The van der Waals surface area contributed by atoms with Crippen molar-refractivity contribution in [3.8, 4) is 0 Å². The summed E-state index contributed by atoms with van der Waals surface area (Å²) in [5.41, 5.74) is 0.915. The van der Waals surface area contributed by atoms with Gasteiger partial charge in [-0.1, -0.05) is 0 Å². The van der Waals surface area contributed by atoms with E-state index in [0.29, 0.717) is 24.3 Å². The Morgan fingerprint density at radius 2 is 1.62 bits per heavy atom. The number of hydrogen-bond donors (Lipinski definition) is 3. The largest absolute Gasteiger partial charge is 0.465 e. The molecule has 2 rings (SSSR count). The van der Waals surface area contributed by atoms with Crippen LogP contribution in [0.1, 0.15) is 10.4 Å². The van der Waals surface area contributed by atoms with Crippen molar-refractivity contribution in [3.05, 3.63) is 29.8 Å². The maximum Gasteiger partial charge on any atom is 0.411 e. The van der Waals surface area contributed by atoms with E-state index in [1.165, 1.54) is 4.90 Å². The zero-order valence-electron chi connectivity index (χ0n) is 13.0.